The minimum atomic E-state index is -1.00. The Balaban J connectivity index is 1.55. The minimum Gasteiger partial charge on any atom is -0.393 e. The number of rotatable bonds is 5. The summed E-state index contributed by atoms with van der Waals surface area (Å²) in [4.78, 5) is 0. The largest absolute Gasteiger partial charge is 0.393 e. The van der Waals surface area contributed by atoms with Crippen molar-refractivity contribution in [2.45, 2.75) is 117 Å². The van der Waals surface area contributed by atoms with Crippen molar-refractivity contribution >= 4 is 0 Å². The molecule has 4 aliphatic rings. The van der Waals surface area contributed by atoms with Crippen LogP contribution >= 0.6 is 0 Å². The van der Waals surface area contributed by atoms with E-state index < -0.39 is 11.7 Å². The molecule has 0 heterocycles. The normalized spacial score (nSPS) is 46.4. The van der Waals surface area contributed by atoms with Crippen LogP contribution < -0.4 is 0 Å². The van der Waals surface area contributed by atoms with Crippen LogP contribution in [0, 0.1) is 40.4 Å². The molecule has 3 saturated carbocycles. The van der Waals surface area contributed by atoms with E-state index in [9.17, 15) is 15.3 Å². The summed E-state index contributed by atoms with van der Waals surface area (Å²) in [5, 5.41) is 32.7. The van der Waals surface area contributed by atoms with Crippen molar-refractivity contribution in [3.8, 4) is 0 Å². The van der Waals surface area contributed by atoms with Gasteiger partial charge in [-0.15, -0.1) is 0 Å². The summed E-state index contributed by atoms with van der Waals surface area (Å²) in [6.07, 6.45) is 12.1. The third-order valence-corrected chi connectivity index (χ3v) is 10.5. The SMILES string of the molecule is CC(C)CC[C@@H](O)[C@](C)(O)[C@H]1CC[C@@H]2[C@H]3CC=C4C[C@@H](O)CC[C@]4(C)[C@@H]3CC[C@@]21C. The first-order valence-corrected chi connectivity index (χ1v) is 12.8. The minimum absolute atomic E-state index is 0.124. The highest BCUT2D eigenvalue weighted by atomic mass is 16.3. The molecule has 0 aromatic rings. The fourth-order valence-electron chi connectivity index (χ4n) is 8.62. The van der Waals surface area contributed by atoms with E-state index in [0.29, 0.717) is 24.2 Å². The Morgan fingerprint density at radius 1 is 1.07 bits per heavy atom. The molecule has 4 aliphatic carbocycles. The molecule has 0 unspecified atom stereocenters. The van der Waals surface area contributed by atoms with Crippen molar-refractivity contribution in [1.82, 2.24) is 0 Å². The second kappa shape index (κ2) is 7.89. The second-order valence-electron chi connectivity index (χ2n) is 12.5. The van der Waals surface area contributed by atoms with Gasteiger partial charge in [0.25, 0.3) is 0 Å². The maximum absolute atomic E-state index is 11.6. The third kappa shape index (κ3) is 3.52. The molecule has 0 aliphatic heterocycles. The van der Waals surface area contributed by atoms with Gasteiger partial charge in [-0.25, -0.2) is 0 Å². The van der Waals surface area contributed by atoms with Gasteiger partial charge in [-0.1, -0.05) is 39.3 Å². The third-order valence-electron chi connectivity index (χ3n) is 10.5. The molecular weight excluding hydrogens is 372 g/mol. The number of fused-ring (bicyclic) bond motifs is 5. The van der Waals surface area contributed by atoms with Crippen LogP contribution in [0.3, 0.4) is 0 Å². The summed E-state index contributed by atoms with van der Waals surface area (Å²) in [5.41, 5.74) is 0.914. The fourth-order valence-corrected chi connectivity index (χ4v) is 8.62. The highest BCUT2D eigenvalue weighted by molar-refractivity contribution is 5.25. The summed E-state index contributed by atoms with van der Waals surface area (Å²) < 4.78 is 0. The zero-order valence-electron chi connectivity index (χ0n) is 20.0. The molecule has 3 fully saturated rings. The first-order chi connectivity index (χ1) is 14.0. The zero-order valence-corrected chi connectivity index (χ0v) is 20.0. The van der Waals surface area contributed by atoms with E-state index >= 15 is 0 Å². The van der Waals surface area contributed by atoms with Crippen LogP contribution in [-0.2, 0) is 0 Å². The van der Waals surface area contributed by atoms with Gasteiger partial charge in [-0.05, 0) is 112 Å². The summed E-state index contributed by atoms with van der Waals surface area (Å²) in [5.74, 6) is 2.80. The van der Waals surface area contributed by atoms with Gasteiger partial charge in [0.15, 0.2) is 0 Å². The standard InChI is InChI=1S/C27H46O3/c1-17(2)6-11-24(29)27(5,30)23-10-9-21-20-8-7-18-16-19(28)12-14-25(18,3)22(20)13-15-26(21,23)4/h7,17,19-24,28-30H,6,8-16H2,1-5H3/t19-,20+,21+,22+,23-,24+,25-,26-,27+/m0/s1. The van der Waals surface area contributed by atoms with Crippen molar-refractivity contribution in [3.63, 3.8) is 0 Å². The van der Waals surface area contributed by atoms with Crippen molar-refractivity contribution in [2.75, 3.05) is 0 Å². The molecule has 0 saturated heterocycles. The van der Waals surface area contributed by atoms with E-state index in [2.05, 4.69) is 33.8 Å². The van der Waals surface area contributed by atoms with Gasteiger partial charge in [0.2, 0.25) is 0 Å². The maximum atomic E-state index is 11.6. The monoisotopic (exact) mass is 418 g/mol. The zero-order chi connectivity index (χ0) is 21.9. The van der Waals surface area contributed by atoms with Gasteiger partial charge in [-0.3, -0.25) is 0 Å². The van der Waals surface area contributed by atoms with Crippen LogP contribution in [0.1, 0.15) is 98.8 Å². The van der Waals surface area contributed by atoms with Gasteiger partial charge in [0.05, 0.1) is 17.8 Å². The molecule has 4 rings (SSSR count). The molecule has 9 atom stereocenters. The van der Waals surface area contributed by atoms with Gasteiger partial charge < -0.3 is 15.3 Å². The summed E-state index contributed by atoms with van der Waals surface area (Å²) in [6.45, 7) is 11.2. The Morgan fingerprint density at radius 3 is 2.50 bits per heavy atom. The summed E-state index contributed by atoms with van der Waals surface area (Å²) in [7, 11) is 0. The van der Waals surface area contributed by atoms with Crippen molar-refractivity contribution in [1.29, 1.82) is 0 Å². The second-order valence-corrected chi connectivity index (χ2v) is 12.5. The molecule has 3 heteroatoms. The lowest BCUT2D eigenvalue weighted by Crippen LogP contribution is -2.55. The molecule has 0 spiro atoms. The molecule has 30 heavy (non-hydrogen) atoms. The number of hydrogen-bond donors (Lipinski definition) is 3. The predicted octanol–water partition coefficient (Wildman–Crippen LogP) is 5.47. The van der Waals surface area contributed by atoms with E-state index in [4.69, 9.17) is 0 Å². The Hall–Kier alpha value is -0.380. The summed E-state index contributed by atoms with van der Waals surface area (Å²) >= 11 is 0. The number of aliphatic hydroxyl groups excluding tert-OH is 2. The molecule has 3 nitrogen and oxygen atoms in total. The van der Waals surface area contributed by atoms with Gasteiger partial charge in [0.1, 0.15) is 0 Å². The molecule has 0 radical (unpaired) electrons. The average Bonchev–Trinajstić information content (AvgIpc) is 3.04. The topological polar surface area (TPSA) is 60.7 Å². The van der Waals surface area contributed by atoms with Crippen molar-refractivity contribution in [2.24, 2.45) is 40.4 Å². The highest BCUT2D eigenvalue weighted by Crippen LogP contribution is 2.67. The van der Waals surface area contributed by atoms with Crippen LogP contribution in [-0.4, -0.2) is 33.1 Å². The van der Waals surface area contributed by atoms with E-state index in [-0.39, 0.29) is 22.9 Å². The maximum Gasteiger partial charge on any atom is 0.0910 e. The Labute approximate surface area is 184 Å². The van der Waals surface area contributed by atoms with Crippen LogP contribution in [0.4, 0.5) is 0 Å². The molecule has 3 N–H and O–H groups in total. The lowest BCUT2D eigenvalue weighted by Gasteiger charge is -2.59. The quantitative estimate of drug-likeness (QED) is 0.519. The number of allylic oxidation sites excluding steroid dienone is 1. The van der Waals surface area contributed by atoms with Crippen molar-refractivity contribution in [3.05, 3.63) is 11.6 Å². The Bertz CT molecular complexity index is 667. The molecule has 0 aromatic heterocycles. The lowest BCUT2D eigenvalue weighted by molar-refractivity contribution is -0.151. The predicted molar refractivity (Wildman–Crippen MR) is 122 cm³/mol. The lowest BCUT2D eigenvalue weighted by atomic mass is 9.46. The molecule has 172 valence electrons. The number of aliphatic hydroxyl groups is 3. The van der Waals surface area contributed by atoms with Crippen LogP contribution in [0.5, 0.6) is 0 Å². The first-order valence-electron chi connectivity index (χ1n) is 12.8. The highest BCUT2D eigenvalue weighted by Gasteiger charge is 2.62. The van der Waals surface area contributed by atoms with Crippen molar-refractivity contribution < 1.29 is 15.3 Å². The Kier molecular flexibility index (Phi) is 5.99. The van der Waals surface area contributed by atoms with E-state index in [1.54, 1.807) is 0 Å². The fraction of sp³-hybridized carbons (Fsp3) is 0.926. The van der Waals surface area contributed by atoms with Gasteiger partial charge in [-0.2, -0.15) is 0 Å². The van der Waals surface area contributed by atoms with Gasteiger partial charge in [0, 0.05) is 0 Å². The Morgan fingerprint density at radius 2 is 1.80 bits per heavy atom. The van der Waals surface area contributed by atoms with E-state index in [1.807, 2.05) is 6.92 Å². The van der Waals surface area contributed by atoms with Crippen LogP contribution in [0.2, 0.25) is 0 Å². The first kappa shape index (κ1) is 22.8. The smallest absolute Gasteiger partial charge is 0.0910 e. The van der Waals surface area contributed by atoms with E-state index in [0.717, 1.165) is 44.4 Å². The summed E-state index contributed by atoms with van der Waals surface area (Å²) in [6, 6.07) is 0. The van der Waals surface area contributed by atoms with Gasteiger partial charge >= 0.3 is 0 Å². The van der Waals surface area contributed by atoms with Crippen LogP contribution in [0.25, 0.3) is 0 Å². The molecule has 0 bridgehead atoms. The van der Waals surface area contributed by atoms with E-state index in [1.165, 1.54) is 24.8 Å². The average molecular weight is 419 g/mol. The molecule has 0 aromatic carbocycles. The van der Waals surface area contributed by atoms with Crippen LogP contribution in [0.15, 0.2) is 11.6 Å². The molecular formula is C27H46O3. The number of hydrogen-bond acceptors (Lipinski definition) is 3. The molecule has 0 amide bonds.